The fourth-order valence-corrected chi connectivity index (χ4v) is 6.39. The molecule has 0 bridgehead atoms. The van der Waals surface area contributed by atoms with Crippen molar-refractivity contribution in [2.75, 3.05) is 24.5 Å². The number of hydrogen-bond acceptors (Lipinski definition) is 6. The summed E-state index contributed by atoms with van der Waals surface area (Å²) >= 11 is 1.49. The maximum atomic E-state index is 14.1. The van der Waals surface area contributed by atoms with Crippen molar-refractivity contribution >= 4 is 40.7 Å². The Bertz CT molecular complexity index is 1750. The molecule has 5 aromatic rings. The molecule has 43 heavy (non-hydrogen) atoms. The van der Waals surface area contributed by atoms with Crippen LogP contribution in [-0.2, 0) is 9.47 Å². The molecular formula is C35H32FN3O3S. The van der Waals surface area contributed by atoms with Crippen molar-refractivity contribution in [1.82, 2.24) is 4.57 Å². The van der Waals surface area contributed by atoms with Crippen molar-refractivity contribution < 1.29 is 18.7 Å². The number of halogens is 1. The molecule has 0 saturated carbocycles. The number of aromatic nitrogens is 1. The Kier molecular flexibility index (Phi) is 8.58. The van der Waals surface area contributed by atoms with Crippen LogP contribution in [0.2, 0.25) is 0 Å². The van der Waals surface area contributed by atoms with Crippen LogP contribution in [0.3, 0.4) is 0 Å². The molecule has 1 aliphatic heterocycles. The number of benzene rings is 4. The molecule has 1 aliphatic rings. The summed E-state index contributed by atoms with van der Waals surface area (Å²) in [5, 5.41) is 9.27. The SMILES string of the molecule is CCOC(=O)c1ccc(-c2c(C3CCOCC3)n(-c3ccc(F)cc3)c3cc(C=N)c(NSc4ccccc4)cc23)cc1. The molecule has 0 amide bonds. The Hall–Kier alpha value is -4.40. The van der Waals surface area contributed by atoms with Crippen molar-refractivity contribution in [3.63, 3.8) is 0 Å². The summed E-state index contributed by atoms with van der Waals surface area (Å²) in [4.78, 5) is 13.5. The standard InChI is InChI=1S/C35H32FN3O3S/c1-2-42-35(40)25-10-8-23(9-11-25)33-30-21-31(38-43-29-6-4-3-5-7-29)26(22-37)20-32(30)39(28-14-12-27(36)13-15-28)34(33)24-16-18-41-19-17-24/h3-15,20-22,24,37-38H,2,16-19H2,1H3. The highest BCUT2D eigenvalue weighted by molar-refractivity contribution is 8.00. The fraction of sp³-hybridized carbons (Fsp3) is 0.200. The van der Waals surface area contributed by atoms with Crippen LogP contribution >= 0.6 is 11.9 Å². The van der Waals surface area contributed by atoms with E-state index in [2.05, 4.69) is 15.4 Å². The van der Waals surface area contributed by atoms with Crippen LogP contribution in [0, 0.1) is 11.2 Å². The third kappa shape index (κ3) is 5.94. The zero-order valence-electron chi connectivity index (χ0n) is 23.8. The Morgan fingerprint density at radius 1 is 1.05 bits per heavy atom. The summed E-state index contributed by atoms with van der Waals surface area (Å²) in [7, 11) is 0. The third-order valence-electron chi connectivity index (χ3n) is 7.73. The zero-order valence-corrected chi connectivity index (χ0v) is 24.6. The van der Waals surface area contributed by atoms with E-state index in [-0.39, 0.29) is 17.7 Å². The Morgan fingerprint density at radius 3 is 2.44 bits per heavy atom. The van der Waals surface area contributed by atoms with Gasteiger partial charge >= 0.3 is 5.97 Å². The molecule has 1 aromatic heterocycles. The minimum absolute atomic E-state index is 0.185. The lowest BCUT2D eigenvalue weighted by Crippen LogP contribution is -2.17. The molecule has 218 valence electrons. The Balaban J connectivity index is 1.59. The first-order valence-corrected chi connectivity index (χ1v) is 15.2. The van der Waals surface area contributed by atoms with Crippen LogP contribution < -0.4 is 4.72 Å². The summed E-state index contributed by atoms with van der Waals surface area (Å²) in [6.45, 7) is 3.42. The first-order valence-electron chi connectivity index (χ1n) is 14.4. The second-order valence-electron chi connectivity index (χ2n) is 10.4. The first-order chi connectivity index (χ1) is 21.1. The van der Waals surface area contributed by atoms with Gasteiger partial charge in [0.2, 0.25) is 0 Å². The summed E-state index contributed by atoms with van der Waals surface area (Å²) in [5.41, 5.74) is 6.93. The van der Waals surface area contributed by atoms with Crippen molar-refractivity contribution in [2.24, 2.45) is 0 Å². The van der Waals surface area contributed by atoms with E-state index in [1.54, 1.807) is 31.2 Å². The van der Waals surface area contributed by atoms with Gasteiger partial charge in [0, 0.05) is 58.1 Å². The van der Waals surface area contributed by atoms with Gasteiger partial charge in [-0.15, -0.1) is 0 Å². The molecule has 0 spiro atoms. The molecule has 0 aliphatic carbocycles. The average molecular weight is 594 g/mol. The molecule has 8 heteroatoms. The molecule has 6 nitrogen and oxygen atoms in total. The maximum absolute atomic E-state index is 14.1. The number of hydrogen-bond donors (Lipinski definition) is 2. The second kappa shape index (κ2) is 12.9. The van der Waals surface area contributed by atoms with Gasteiger partial charge in [-0.25, -0.2) is 9.18 Å². The molecule has 0 radical (unpaired) electrons. The molecule has 6 rings (SSSR count). The van der Waals surface area contributed by atoms with E-state index >= 15 is 0 Å². The third-order valence-corrected chi connectivity index (χ3v) is 8.56. The lowest BCUT2D eigenvalue weighted by Gasteiger charge is -2.26. The summed E-state index contributed by atoms with van der Waals surface area (Å²) in [6.07, 6.45) is 3.05. The molecule has 0 atom stereocenters. The lowest BCUT2D eigenvalue weighted by atomic mass is 9.89. The van der Waals surface area contributed by atoms with E-state index in [1.807, 2.05) is 48.5 Å². The van der Waals surface area contributed by atoms with Gasteiger partial charge in [0.1, 0.15) is 5.82 Å². The topological polar surface area (TPSA) is 76.3 Å². The van der Waals surface area contributed by atoms with Gasteiger partial charge in [0.15, 0.2) is 0 Å². The number of fused-ring (bicyclic) bond motifs is 1. The predicted molar refractivity (Wildman–Crippen MR) is 171 cm³/mol. The molecule has 4 aromatic carbocycles. The minimum atomic E-state index is -0.354. The van der Waals surface area contributed by atoms with E-state index in [4.69, 9.17) is 14.9 Å². The minimum Gasteiger partial charge on any atom is -0.462 e. The average Bonchev–Trinajstić information content (AvgIpc) is 3.38. The number of carbonyl (C=O) groups excluding carboxylic acids is 1. The van der Waals surface area contributed by atoms with Crippen LogP contribution in [0.4, 0.5) is 10.1 Å². The van der Waals surface area contributed by atoms with Crippen LogP contribution in [0.15, 0.2) is 95.9 Å². The van der Waals surface area contributed by atoms with E-state index < -0.39 is 0 Å². The van der Waals surface area contributed by atoms with Gasteiger partial charge < -0.3 is 24.2 Å². The predicted octanol–water partition coefficient (Wildman–Crippen LogP) is 8.62. The fourth-order valence-electron chi connectivity index (χ4n) is 5.70. The number of ether oxygens (including phenoxy) is 2. The molecule has 2 N–H and O–H groups in total. The summed E-state index contributed by atoms with van der Waals surface area (Å²) in [5.74, 6) is -0.468. The molecule has 1 fully saturated rings. The number of anilines is 1. The van der Waals surface area contributed by atoms with Crippen molar-refractivity contribution in [3.05, 3.63) is 114 Å². The lowest BCUT2D eigenvalue weighted by molar-refractivity contribution is 0.0526. The van der Waals surface area contributed by atoms with Gasteiger partial charge in [-0.2, -0.15) is 0 Å². The summed E-state index contributed by atoms with van der Waals surface area (Å²) in [6, 6.07) is 28.3. The normalized spacial score (nSPS) is 13.6. The van der Waals surface area contributed by atoms with Crippen LogP contribution in [-0.4, -0.2) is 36.6 Å². The molecule has 0 unspecified atom stereocenters. The monoisotopic (exact) mass is 593 g/mol. The van der Waals surface area contributed by atoms with Gasteiger partial charge in [-0.1, -0.05) is 30.3 Å². The van der Waals surface area contributed by atoms with E-state index in [0.717, 1.165) is 62.4 Å². The quantitative estimate of drug-likeness (QED) is 0.102. The highest BCUT2D eigenvalue weighted by Crippen LogP contribution is 2.45. The van der Waals surface area contributed by atoms with Gasteiger partial charge in [0.25, 0.3) is 0 Å². The first kappa shape index (κ1) is 28.7. The van der Waals surface area contributed by atoms with Crippen molar-refractivity contribution in [1.29, 1.82) is 5.41 Å². The highest BCUT2D eigenvalue weighted by Gasteiger charge is 2.28. The van der Waals surface area contributed by atoms with Crippen LogP contribution in [0.25, 0.3) is 27.7 Å². The Labute approximate surface area is 254 Å². The van der Waals surface area contributed by atoms with Crippen molar-refractivity contribution in [3.8, 4) is 16.8 Å². The number of nitrogens with zero attached hydrogens (tertiary/aromatic N) is 1. The molecular weight excluding hydrogens is 561 g/mol. The van der Waals surface area contributed by atoms with Gasteiger partial charge in [0.05, 0.1) is 23.4 Å². The zero-order chi connectivity index (χ0) is 29.8. The summed E-state index contributed by atoms with van der Waals surface area (Å²) < 4.78 is 30.7. The van der Waals surface area contributed by atoms with Crippen LogP contribution in [0.1, 0.15) is 47.3 Å². The van der Waals surface area contributed by atoms with E-state index in [0.29, 0.717) is 25.4 Å². The van der Waals surface area contributed by atoms with Crippen molar-refractivity contribution in [2.45, 2.75) is 30.6 Å². The second-order valence-corrected chi connectivity index (χ2v) is 11.3. The van der Waals surface area contributed by atoms with Gasteiger partial charge in [-0.05, 0) is 97.9 Å². The number of nitrogens with one attached hydrogen (secondary N) is 2. The number of carbonyl (C=O) groups is 1. The smallest absolute Gasteiger partial charge is 0.338 e. The molecule has 2 heterocycles. The van der Waals surface area contributed by atoms with E-state index in [1.165, 1.54) is 30.3 Å². The largest absolute Gasteiger partial charge is 0.462 e. The van der Waals surface area contributed by atoms with E-state index in [9.17, 15) is 9.18 Å². The number of esters is 1. The molecule has 1 saturated heterocycles. The highest BCUT2D eigenvalue weighted by atomic mass is 32.2. The number of rotatable bonds is 9. The maximum Gasteiger partial charge on any atom is 0.338 e. The van der Waals surface area contributed by atoms with Crippen LogP contribution in [0.5, 0.6) is 0 Å². The van der Waals surface area contributed by atoms with Gasteiger partial charge in [-0.3, -0.25) is 0 Å². The Morgan fingerprint density at radius 2 is 1.77 bits per heavy atom.